The van der Waals surface area contributed by atoms with Gasteiger partial charge in [-0.15, -0.1) is 11.8 Å². The number of hydrogen-bond acceptors (Lipinski definition) is 3. The predicted octanol–water partition coefficient (Wildman–Crippen LogP) is 5.75. The van der Waals surface area contributed by atoms with Crippen molar-refractivity contribution in [1.82, 2.24) is 4.90 Å². The van der Waals surface area contributed by atoms with Gasteiger partial charge in [-0.1, -0.05) is 66.2 Å². The number of anilines is 2. The number of hydrogen-bond donors (Lipinski definition) is 1. The molecule has 0 unspecified atom stereocenters. The van der Waals surface area contributed by atoms with Crippen LogP contribution in [-0.2, 0) is 16.2 Å². The molecule has 0 aromatic heterocycles. The van der Waals surface area contributed by atoms with Gasteiger partial charge >= 0.3 is 6.03 Å². The third-order valence-electron chi connectivity index (χ3n) is 6.14. The van der Waals surface area contributed by atoms with Gasteiger partial charge in [-0.25, -0.2) is 4.79 Å². The maximum absolute atomic E-state index is 14.2. The van der Waals surface area contributed by atoms with Crippen LogP contribution in [0.25, 0.3) is 0 Å². The highest BCUT2D eigenvalue weighted by Gasteiger charge is 2.63. The van der Waals surface area contributed by atoms with Crippen molar-refractivity contribution in [3.8, 4) is 0 Å². The summed E-state index contributed by atoms with van der Waals surface area (Å²) in [6.45, 7) is 7.15. The number of thioether (sulfide) groups is 1. The first kappa shape index (κ1) is 21.6. The Labute approximate surface area is 198 Å². The number of nitrogens with zero attached hydrogens (tertiary/aromatic N) is 2. The molecule has 1 atom stereocenters. The number of nitrogens with one attached hydrogen (secondary N) is 1. The molecule has 1 fully saturated rings. The second-order valence-electron chi connectivity index (χ2n) is 9.29. The summed E-state index contributed by atoms with van der Waals surface area (Å²) in [6, 6.07) is 25.2. The smallest absolute Gasteiger partial charge is 0.308 e. The van der Waals surface area contributed by atoms with Gasteiger partial charge in [-0.05, 0) is 44.5 Å². The van der Waals surface area contributed by atoms with Crippen molar-refractivity contribution >= 4 is 35.1 Å². The van der Waals surface area contributed by atoms with Crippen LogP contribution in [0.3, 0.4) is 0 Å². The lowest BCUT2D eigenvalue weighted by Gasteiger charge is -2.33. The Morgan fingerprint density at radius 3 is 2.36 bits per heavy atom. The summed E-state index contributed by atoms with van der Waals surface area (Å²) < 4.78 is -0.284. The van der Waals surface area contributed by atoms with E-state index >= 15 is 0 Å². The van der Waals surface area contributed by atoms with Crippen molar-refractivity contribution in [2.45, 2.75) is 36.9 Å². The first-order chi connectivity index (χ1) is 15.8. The SMILES string of the molecule is Cc1ccc2c(c1)[C@@]1(SC(C)(C)CN1C(=O)Nc1ccccc1)C(=O)N2Cc1ccccc1. The molecule has 1 N–H and O–H groups in total. The van der Waals surface area contributed by atoms with E-state index in [1.165, 1.54) is 0 Å². The van der Waals surface area contributed by atoms with Crippen LogP contribution in [-0.4, -0.2) is 28.1 Å². The van der Waals surface area contributed by atoms with Crippen molar-refractivity contribution < 1.29 is 9.59 Å². The van der Waals surface area contributed by atoms with Crippen LogP contribution < -0.4 is 10.2 Å². The van der Waals surface area contributed by atoms with Gasteiger partial charge in [-0.2, -0.15) is 0 Å². The second kappa shape index (κ2) is 7.96. The molecule has 2 aliphatic rings. The Bertz CT molecular complexity index is 1210. The lowest BCUT2D eigenvalue weighted by Crippen LogP contribution is -2.51. The Morgan fingerprint density at radius 1 is 1.00 bits per heavy atom. The quantitative estimate of drug-likeness (QED) is 0.545. The summed E-state index contributed by atoms with van der Waals surface area (Å²) >= 11 is 1.57. The minimum Gasteiger partial charge on any atom is -0.308 e. The monoisotopic (exact) mass is 457 g/mol. The number of carbonyl (C=O) groups is 2. The van der Waals surface area contributed by atoms with E-state index in [-0.39, 0.29) is 16.7 Å². The van der Waals surface area contributed by atoms with Gasteiger partial charge in [0.2, 0.25) is 0 Å². The molecule has 5 nitrogen and oxygen atoms in total. The van der Waals surface area contributed by atoms with Crippen molar-refractivity contribution in [3.05, 3.63) is 95.6 Å². The lowest BCUT2D eigenvalue weighted by molar-refractivity contribution is -0.123. The zero-order valence-corrected chi connectivity index (χ0v) is 19.9. The van der Waals surface area contributed by atoms with Gasteiger partial charge in [0.25, 0.3) is 5.91 Å². The maximum Gasteiger partial charge on any atom is 0.323 e. The van der Waals surface area contributed by atoms with Gasteiger partial charge in [-0.3, -0.25) is 9.69 Å². The highest BCUT2D eigenvalue weighted by molar-refractivity contribution is 8.02. The number of amides is 3. The topological polar surface area (TPSA) is 52.7 Å². The van der Waals surface area contributed by atoms with E-state index in [9.17, 15) is 9.59 Å². The molecule has 1 saturated heterocycles. The fourth-order valence-corrected chi connectivity index (χ4v) is 6.48. The molecule has 3 aromatic carbocycles. The molecule has 168 valence electrons. The van der Waals surface area contributed by atoms with Crippen molar-refractivity contribution in [3.63, 3.8) is 0 Å². The average molecular weight is 458 g/mol. The summed E-state index contributed by atoms with van der Waals surface area (Å²) in [7, 11) is 0. The summed E-state index contributed by atoms with van der Waals surface area (Å²) in [5.41, 5.74) is 4.59. The van der Waals surface area contributed by atoms with E-state index in [0.29, 0.717) is 18.8 Å². The van der Waals surface area contributed by atoms with Crippen LogP contribution in [0, 0.1) is 6.92 Å². The molecule has 6 heteroatoms. The van der Waals surface area contributed by atoms with Crippen LogP contribution >= 0.6 is 11.8 Å². The number of fused-ring (bicyclic) bond motifs is 2. The molecule has 5 rings (SSSR count). The Kier molecular flexibility index (Phi) is 5.20. The molecule has 3 aromatic rings. The lowest BCUT2D eigenvalue weighted by atomic mass is 10.0. The van der Waals surface area contributed by atoms with Gasteiger partial charge in [0.05, 0.1) is 12.2 Å². The Morgan fingerprint density at radius 2 is 1.67 bits per heavy atom. The fraction of sp³-hybridized carbons (Fsp3) is 0.259. The minimum atomic E-state index is -1.10. The third kappa shape index (κ3) is 3.68. The zero-order chi connectivity index (χ0) is 23.2. The summed E-state index contributed by atoms with van der Waals surface area (Å²) in [5.74, 6) is -0.0641. The average Bonchev–Trinajstić information content (AvgIpc) is 3.21. The van der Waals surface area contributed by atoms with Crippen molar-refractivity contribution in [2.75, 3.05) is 16.8 Å². The molecule has 0 aliphatic carbocycles. The van der Waals surface area contributed by atoms with Crippen LogP contribution in [0.4, 0.5) is 16.2 Å². The highest BCUT2D eigenvalue weighted by Crippen LogP contribution is 2.60. The zero-order valence-electron chi connectivity index (χ0n) is 19.0. The second-order valence-corrected chi connectivity index (χ2v) is 11.2. The number of urea groups is 1. The Hall–Kier alpha value is -3.25. The molecule has 2 aliphatic heterocycles. The van der Waals surface area contributed by atoms with Crippen LogP contribution in [0.15, 0.2) is 78.9 Å². The molecular formula is C27H27N3O2S. The largest absolute Gasteiger partial charge is 0.323 e. The number of aryl methyl sites for hydroxylation is 1. The van der Waals surface area contributed by atoms with Gasteiger partial charge in [0.1, 0.15) is 0 Å². The molecule has 0 saturated carbocycles. The van der Waals surface area contributed by atoms with Gasteiger partial charge in [0, 0.05) is 22.5 Å². The molecule has 1 spiro atoms. The minimum absolute atomic E-state index is 0.0641. The van der Waals surface area contributed by atoms with Gasteiger partial charge < -0.3 is 10.2 Å². The molecular weight excluding hydrogens is 430 g/mol. The summed E-state index contributed by atoms with van der Waals surface area (Å²) in [6.07, 6.45) is 0. The van der Waals surface area contributed by atoms with E-state index in [0.717, 1.165) is 22.4 Å². The number of para-hydroxylation sites is 1. The molecule has 33 heavy (non-hydrogen) atoms. The van der Waals surface area contributed by atoms with Crippen LogP contribution in [0.5, 0.6) is 0 Å². The Balaban J connectivity index is 1.60. The normalized spacial score (nSPS) is 20.9. The molecule has 0 radical (unpaired) electrons. The van der Waals surface area contributed by atoms with Gasteiger partial charge in [0.15, 0.2) is 4.87 Å². The number of rotatable bonds is 3. The maximum atomic E-state index is 14.2. The highest BCUT2D eigenvalue weighted by atomic mass is 32.2. The molecule has 0 bridgehead atoms. The first-order valence-corrected chi connectivity index (χ1v) is 11.9. The fourth-order valence-electron chi connectivity index (χ4n) is 4.75. The molecule has 2 heterocycles. The third-order valence-corrected chi connectivity index (χ3v) is 7.73. The van der Waals surface area contributed by atoms with Crippen LogP contribution in [0.2, 0.25) is 0 Å². The summed E-state index contributed by atoms with van der Waals surface area (Å²) in [5, 5.41) is 3.01. The van der Waals surface area contributed by atoms with Crippen LogP contribution in [0.1, 0.15) is 30.5 Å². The van der Waals surface area contributed by atoms with E-state index in [1.54, 1.807) is 16.7 Å². The van der Waals surface area contributed by atoms with E-state index in [1.807, 2.05) is 84.6 Å². The van der Waals surface area contributed by atoms with E-state index in [2.05, 4.69) is 25.2 Å². The van der Waals surface area contributed by atoms with E-state index < -0.39 is 4.87 Å². The van der Waals surface area contributed by atoms with Crippen molar-refractivity contribution in [2.24, 2.45) is 0 Å². The predicted molar refractivity (Wildman–Crippen MR) is 134 cm³/mol. The number of benzene rings is 3. The first-order valence-electron chi connectivity index (χ1n) is 11.1. The summed E-state index contributed by atoms with van der Waals surface area (Å²) in [4.78, 5) is 30.3. The standard InChI is InChI=1S/C27H27N3O2S/c1-19-14-15-23-22(16-19)27(24(31)29(23)17-20-10-6-4-7-11-20)30(18-26(2,3)33-27)25(32)28-21-12-8-5-9-13-21/h4-16H,17-18H2,1-3H3,(H,28,32)/t27-/m1/s1. The number of carbonyl (C=O) groups excluding carboxylic acids is 2. The van der Waals surface area contributed by atoms with E-state index in [4.69, 9.17) is 0 Å². The molecule has 3 amide bonds. The van der Waals surface area contributed by atoms with Crippen molar-refractivity contribution in [1.29, 1.82) is 0 Å².